The number of benzene rings is 2. The smallest absolute Gasteiger partial charge is 0.337 e. The van der Waals surface area contributed by atoms with E-state index in [1.807, 2.05) is 37.3 Å². The quantitative estimate of drug-likeness (QED) is 0.594. The minimum Gasteiger partial charge on any atom is -0.478 e. The van der Waals surface area contributed by atoms with Crippen LogP contribution in [0.25, 0.3) is 11.1 Å². The second-order valence-electron chi connectivity index (χ2n) is 6.08. The van der Waals surface area contributed by atoms with Crippen molar-refractivity contribution in [2.24, 2.45) is 0 Å². The van der Waals surface area contributed by atoms with Gasteiger partial charge in [0.15, 0.2) is 0 Å². The summed E-state index contributed by atoms with van der Waals surface area (Å²) in [6, 6.07) is 13.9. The Kier molecular flexibility index (Phi) is 5.62. The SMILES string of the molecule is CCC(C(=O)Nc1ccc(Cl)cc1C(=O)O)c1cccc(-c2ccoc2)c1. The molecule has 1 amide bonds. The van der Waals surface area contributed by atoms with Gasteiger partial charge < -0.3 is 14.8 Å². The summed E-state index contributed by atoms with van der Waals surface area (Å²) in [5.74, 6) is -1.84. The molecule has 0 saturated carbocycles. The Balaban J connectivity index is 1.88. The van der Waals surface area contributed by atoms with Crippen LogP contribution in [0.1, 0.15) is 35.2 Å². The molecule has 0 aliphatic rings. The van der Waals surface area contributed by atoms with Gasteiger partial charge in [-0.15, -0.1) is 0 Å². The average Bonchev–Trinajstić information content (AvgIpc) is 3.19. The molecular formula is C21H18ClNO4. The van der Waals surface area contributed by atoms with Crippen LogP contribution >= 0.6 is 11.6 Å². The third-order valence-corrected chi connectivity index (χ3v) is 4.57. The molecule has 1 aromatic heterocycles. The fourth-order valence-corrected chi connectivity index (χ4v) is 3.13. The lowest BCUT2D eigenvalue weighted by Crippen LogP contribution is -2.22. The van der Waals surface area contributed by atoms with E-state index in [4.69, 9.17) is 16.0 Å². The van der Waals surface area contributed by atoms with Gasteiger partial charge in [0.05, 0.1) is 29.7 Å². The van der Waals surface area contributed by atoms with E-state index < -0.39 is 11.9 Å². The van der Waals surface area contributed by atoms with Gasteiger partial charge in [0.1, 0.15) is 0 Å². The molecule has 6 heteroatoms. The third-order valence-electron chi connectivity index (χ3n) is 4.34. The van der Waals surface area contributed by atoms with Crippen LogP contribution in [0, 0.1) is 0 Å². The average molecular weight is 384 g/mol. The summed E-state index contributed by atoms with van der Waals surface area (Å²) in [5.41, 5.74) is 2.90. The van der Waals surface area contributed by atoms with Crippen molar-refractivity contribution >= 4 is 29.2 Å². The largest absolute Gasteiger partial charge is 0.478 e. The summed E-state index contributed by atoms with van der Waals surface area (Å²) in [7, 11) is 0. The van der Waals surface area contributed by atoms with Crippen molar-refractivity contribution < 1.29 is 19.1 Å². The molecule has 0 fully saturated rings. The van der Waals surface area contributed by atoms with Crippen molar-refractivity contribution in [2.45, 2.75) is 19.3 Å². The summed E-state index contributed by atoms with van der Waals surface area (Å²) in [6.07, 6.45) is 3.81. The maximum atomic E-state index is 12.8. The van der Waals surface area contributed by atoms with E-state index in [9.17, 15) is 14.7 Å². The highest BCUT2D eigenvalue weighted by Gasteiger charge is 2.21. The number of furan rings is 1. The molecule has 0 aliphatic carbocycles. The molecule has 0 radical (unpaired) electrons. The lowest BCUT2D eigenvalue weighted by Gasteiger charge is -2.17. The molecule has 27 heavy (non-hydrogen) atoms. The molecule has 0 bridgehead atoms. The number of carbonyl (C=O) groups excluding carboxylic acids is 1. The van der Waals surface area contributed by atoms with Gasteiger partial charge in [0.25, 0.3) is 0 Å². The van der Waals surface area contributed by atoms with Gasteiger partial charge in [-0.1, -0.05) is 42.8 Å². The lowest BCUT2D eigenvalue weighted by atomic mass is 9.93. The summed E-state index contributed by atoms with van der Waals surface area (Å²) in [5, 5.41) is 12.4. The highest BCUT2D eigenvalue weighted by molar-refractivity contribution is 6.31. The Hall–Kier alpha value is -3.05. The molecule has 3 rings (SSSR count). The van der Waals surface area contributed by atoms with Crippen LogP contribution in [0.4, 0.5) is 5.69 Å². The molecule has 5 nitrogen and oxygen atoms in total. The number of hydrogen-bond acceptors (Lipinski definition) is 3. The third kappa shape index (κ3) is 4.20. The molecule has 2 aromatic carbocycles. The highest BCUT2D eigenvalue weighted by Crippen LogP contribution is 2.28. The van der Waals surface area contributed by atoms with Crippen LogP contribution in [0.15, 0.2) is 65.5 Å². The fraction of sp³-hybridized carbons (Fsp3) is 0.143. The molecule has 1 unspecified atom stereocenters. The minimum atomic E-state index is -1.15. The van der Waals surface area contributed by atoms with Crippen LogP contribution in [-0.2, 0) is 4.79 Å². The number of carbonyl (C=O) groups is 2. The van der Waals surface area contributed by atoms with Crippen LogP contribution < -0.4 is 5.32 Å². The van der Waals surface area contributed by atoms with Crippen molar-refractivity contribution in [3.8, 4) is 11.1 Å². The van der Waals surface area contributed by atoms with Gasteiger partial charge >= 0.3 is 5.97 Å². The van der Waals surface area contributed by atoms with Gasteiger partial charge in [-0.2, -0.15) is 0 Å². The van der Waals surface area contributed by atoms with E-state index in [1.54, 1.807) is 18.6 Å². The number of nitrogens with one attached hydrogen (secondary N) is 1. The topological polar surface area (TPSA) is 79.5 Å². The monoisotopic (exact) mass is 383 g/mol. The van der Waals surface area contributed by atoms with E-state index in [0.717, 1.165) is 16.7 Å². The van der Waals surface area contributed by atoms with Crippen molar-refractivity contribution in [2.75, 3.05) is 5.32 Å². The number of anilines is 1. The molecule has 2 N–H and O–H groups in total. The van der Waals surface area contributed by atoms with E-state index in [-0.39, 0.29) is 17.2 Å². The predicted octanol–water partition coefficient (Wildman–Crippen LogP) is 5.43. The summed E-state index contributed by atoms with van der Waals surface area (Å²) >= 11 is 5.87. The molecular weight excluding hydrogens is 366 g/mol. The van der Waals surface area contributed by atoms with Gasteiger partial charge in [-0.25, -0.2) is 4.79 Å². The van der Waals surface area contributed by atoms with Crippen molar-refractivity contribution in [3.05, 3.63) is 77.2 Å². The summed E-state index contributed by atoms with van der Waals surface area (Å²) in [6.45, 7) is 1.91. The first-order valence-electron chi connectivity index (χ1n) is 8.46. The number of hydrogen-bond donors (Lipinski definition) is 2. The van der Waals surface area contributed by atoms with Gasteiger partial charge in [0, 0.05) is 10.6 Å². The zero-order valence-corrected chi connectivity index (χ0v) is 15.4. The number of amides is 1. The first-order valence-corrected chi connectivity index (χ1v) is 8.83. The minimum absolute atomic E-state index is 0.0437. The fourth-order valence-electron chi connectivity index (χ4n) is 2.96. The number of carboxylic acids is 1. The molecule has 0 aliphatic heterocycles. The van der Waals surface area contributed by atoms with Crippen molar-refractivity contribution in [3.63, 3.8) is 0 Å². The van der Waals surface area contributed by atoms with Crippen LogP contribution in [0.3, 0.4) is 0 Å². The molecule has 3 aromatic rings. The zero-order chi connectivity index (χ0) is 19.4. The Bertz CT molecular complexity index is 966. The molecule has 138 valence electrons. The van der Waals surface area contributed by atoms with Crippen molar-refractivity contribution in [1.29, 1.82) is 0 Å². The van der Waals surface area contributed by atoms with Gasteiger partial charge in [-0.05, 0) is 41.8 Å². The second-order valence-corrected chi connectivity index (χ2v) is 6.52. The van der Waals surface area contributed by atoms with Gasteiger partial charge in [-0.3, -0.25) is 4.79 Å². The standard InChI is InChI=1S/C21H18ClNO4/c1-2-17(14-5-3-4-13(10-14)15-8-9-27-12-15)20(24)23-19-7-6-16(22)11-18(19)21(25)26/h3-12,17H,2H2,1H3,(H,23,24)(H,25,26). The maximum absolute atomic E-state index is 12.8. The predicted molar refractivity (Wildman–Crippen MR) is 104 cm³/mol. The number of carboxylic acid groups (broad SMARTS) is 1. The first kappa shape index (κ1) is 18.7. The number of rotatable bonds is 6. The van der Waals surface area contributed by atoms with E-state index >= 15 is 0 Å². The molecule has 1 heterocycles. The lowest BCUT2D eigenvalue weighted by molar-refractivity contribution is -0.117. The molecule has 0 spiro atoms. The summed E-state index contributed by atoms with van der Waals surface area (Å²) < 4.78 is 5.12. The van der Waals surface area contributed by atoms with Crippen LogP contribution in [0.5, 0.6) is 0 Å². The van der Waals surface area contributed by atoms with Gasteiger partial charge in [0.2, 0.25) is 5.91 Å². The van der Waals surface area contributed by atoms with E-state index in [1.165, 1.54) is 12.1 Å². The Labute approximate surface area is 161 Å². The zero-order valence-electron chi connectivity index (χ0n) is 14.6. The number of aromatic carboxylic acids is 1. The Morgan fingerprint density at radius 3 is 2.63 bits per heavy atom. The second kappa shape index (κ2) is 8.10. The van der Waals surface area contributed by atoms with E-state index in [0.29, 0.717) is 11.4 Å². The Morgan fingerprint density at radius 2 is 1.96 bits per heavy atom. The normalized spacial score (nSPS) is 11.8. The molecule has 0 saturated heterocycles. The van der Waals surface area contributed by atoms with Crippen LogP contribution in [0.2, 0.25) is 5.02 Å². The summed E-state index contributed by atoms with van der Waals surface area (Å²) in [4.78, 5) is 24.3. The van der Waals surface area contributed by atoms with Crippen molar-refractivity contribution in [1.82, 2.24) is 0 Å². The molecule has 1 atom stereocenters. The highest BCUT2D eigenvalue weighted by atomic mass is 35.5. The Morgan fingerprint density at radius 1 is 1.15 bits per heavy atom. The maximum Gasteiger partial charge on any atom is 0.337 e. The van der Waals surface area contributed by atoms with Crippen LogP contribution in [-0.4, -0.2) is 17.0 Å². The van der Waals surface area contributed by atoms with E-state index in [2.05, 4.69) is 5.32 Å². The number of halogens is 1. The first-order chi connectivity index (χ1) is 13.0.